The van der Waals surface area contributed by atoms with Gasteiger partial charge in [0.1, 0.15) is 0 Å². The van der Waals surface area contributed by atoms with Crippen molar-refractivity contribution in [2.45, 2.75) is 39.3 Å². The summed E-state index contributed by atoms with van der Waals surface area (Å²) in [6.07, 6.45) is 0. The van der Waals surface area contributed by atoms with Crippen LogP contribution in [0, 0.1) is 0 Å². The van der Waals surface area contributed by atoms with Gasteiger partial charge in [0.2, 0.25) is 0 Å². The van der Waals surface area contributed by atoms with Crippen LogP contribution in [0.5, 0.6) is 0 Å². The number of fused-ring (bicyclic) bond motifs is 7. The molecule has 0 radical (unpaired) electrons. The first-order valence-corrected chi connectivity index (χ1v) is 48.0. The average molecular weight is 1550 g/mol. The molecule has 0 N–H and O–H groups in total. The Morgan fingerprint density at radius 1 is 0.169 bits per heavy atom. The summed E-state index contributed by atoms with van der Waals surface area (Å²) >= 11 is 0. The van der Waals surface area contributed by atoms with Gasteiger partial charge in [0.25, 0.3) is 0 Å². The molecule has 20 rings (SSSR count). The van der Waals surface area contributed by atoms with Crippen molar-refractivity contribution in [2.75, 3.05) is 9.80 Å². The first kappa shape index (κ1) is 74.0. The third kappa shape index (κ3) is 14.9. The minimum Gasteiger partial charge on any atom is -0.311 e. The van der Waals surface area contributed by atoms with Gasteiger partial charge in [0.05, 0.1) is 38.2 Å². The van der Waals surface area contributed by atoms with Crippen LogP contribution in [0.25, 0.3) is 144 Å². The van der Waals surface area contributed by atoms with Gasteiger partial charge in [-0.25, -0.2) is 0 Å². The lowest BCUT2D eigenvalue weighted by Gasteiger charge is -2.26. The predicted molar refractivity (Wildman–Crippen MR) is 512 cm³/mol. The van der Waals surface area contributed by atoms with Gasteiger partial charge in [-0.05, 0) is 228 Å². The standard InChI is InChI=1S/C57H46N2Si.C55H44N2Si/c1-60(2,3)53-37-28-46(29-38-53)45-26-35-52(36-27-45)58(50-31-22-43(23-32-50)41-12-6-4-7-13-41)51-33-24-44(25-34-51)42-18-20-47(21-19-42)48-30-39-57-55(40-48)54-16-10-11-17-56(54)59(57)49-14-8-5-9-15-49;1-58(2,3)51-34-25-41(26-35-51)40-19-28-48(29-20-40)56(49-30-21-42(22-31-49)45-18-17-39-11-7-8-12-44(39)37-45)50-32-23-43(24-33-50)46-27-36-55-53(38-46)52-15-9-10-16-54(52)57(55)47-13-5-4-6-14-47/h4-40H,1-3H3;4-38H,1-3H3. The second kappa shape index (κ2) is 31.6. The molecule has 0 spiro atoms. The lowest BCUT2D eigenvalue weighted by Crippen LogP contribution is -2.37. The van der Waals surface area contributed by atoms with Crippen molar-refractivity contribution in [2.24, 2.45) is 0 Å². The number of benzene rings is 18. The highest BCUT2D eigenvalue weighted by molar-refractivity contribution is 6.89. The van der Waals surface area contributed by atoms with E-state index in [9.17, 15) is 0 Å². The molecular formula is C112H90N4Si2. The van der Waals surface area contributed by atoms with Crippen molar-refractivity contribution in [1.82, 2.24) is 9.13 Å². The summed E-state index contributed by atoms with van der Waals surface area (Å²) in [5.41, 5.74) is 30.8. The SMILES string of the molecule is C[Si](C)(C)c1ccc(-c2ccc(N(c3ccc(-c4ccc5ccccc5c4)cc3)c3ccc(-c4ccc5c(c4)c4ccccc4n5-c4ccccc4)cc3)cc2)cc1.C[Si](C)(C)c1ccc(-c2ccc(N(c3ccc(-c4ccccc4)cc3)c3ccc(-c4ccc(-c5ccc6c(c5)c5ccccc5n6-c5ccccc5)cc4)cc3)cc2)cc1. The van der Waals surface area contributed by atoms with Crippen molar-refractivity contribution in [3.63, 3.8) is 0 Å². The van der Waals surface area contributed by atoms with E-state index in [4.69, 9.17) is 0 Å². The zero-order chi connectivity index (χ0) is 79.9. The molecule has 566 valence electrons. The molecule has 0 aliphatic carbocycles. The highest BCUT2D eigenvalue weighted by Gasteiger charge is 2.22. The maximum absolute atomic E-state index is 2.40. The van der Waals surface area contributed by atoms with Gasteiger partial charge in [0, 0.05) is 67.0 Å². The Balaban J connectivity index is 0.000000157. The molecule has 0 saturated carbocycles. The highest BCUT2D eigenvalue weighted by atomic mass is 28.3. The third-order valence-electron chi connectivity index (χ3n) is 23.4. The van der Waals surface area contributed by atoms with Crippen molar-refractivity contribution >= 4 is 115 Å². The summed E-state index contributed by atoms with van der Waals surface area (Å²) in [5.74, 6) is 0. The Labute approximate surface area is 694 Å². The number of hydrogen-bond donors (Lipinski definition) is 0. The molecule has 0 saturated heterocycles. The lowest BCUT2D eigenvalue weighted by molar-refractivity contribution is 1.18. The number of anilines is 6. The van der Waals surface area contributed by atoms with E-state index in [1.165, 1.54) is 154 Å². The summed E-state index contributed by atoms with van der Waals surface area (Å²) in [5, 5.41) is 10.5. The van der Waals surface area contributed by atoms with Crippen LogP contribution < -0.4 is 20.2 Å². The number of nitrogens with zero attached hydrogens (tertiary/aromatic N) is 4. The van der Waals surface area contributed by atoms with Gasteiger partial charge in [-0.15, -0.1) is 0 Å². The molecule has 0 aliphatic rings. The molecule has 0 amide bonds. The first-order valence-electron chi connectivity index (χ1n) is 41.0. The fraction of sp³-hybridized carbons (Fsp3) is 0.0536. The summed E-state index contributed by atoms with van der Waals surface area (Å²) in [4.78, 5) is 4.72. The smallest absolute Gasteiger partial charge is 0.0775 e. The van der Waals surface area contributed by atoms with Crippen molar-refractivity contribution in [3.8, 4) is 89.3 Å². The maximum atomic E-state index is 2.40. The quantitative estimate of drug-likeness (QED) is 0.0845. The van der Waals surface area contributed by atoms with E-state index in [0.29, 0.717) is 0 Å². The van der Waals surface area contributed by atoms with Gasteiger partial charge in [-0.1, -0.05) is 347 Å². The van der Waals surface area contributed by atoms with Crippen LogP contribution in [0.3, 0.4) is 0 Å². The molecule has 4 nitrogen and oxygen atoms in total. The van der Waals surface area contributed by atoms with Crippen LogP contribution in [-0.4, -0.2) is 25.3 Å². The van der Waals surface area contributed by atoms with E-state index < -0.39 is 16.1 Å². The second-order valence-corrected chi connectivity index (χ2v) is 43.1. The molecule has 2 heterocycles. The molecule has 0 aliphatic heterocycles. The van der Waals surface area contributed by atoms with E-state index in [1.54, 1.807) is 0 Å². The van der Waals surface area contributed by atoms with Crippen LogP contribution >= 0.6 is 0 Å². The van der Waals surface area contributed by atoms with Crippen molar-refractivity contribution in [3.05, 3.63) is 437 Å². The van der Waals surface area contributed by atoms with E-state index in [0.717, 1.165) is 34.1 Å². The van der Waals surface area contributed by atoms with E-state index in [-0.39, 0.29) is 0 Å². The molecule has 6 heteroatoms. The Morgan fingerprint density at radius 3 is 0.729 bits per heavy atom. The Bertz CT molecular complexity index is 6950. The topological polar surface area (TPSA) is 16.3 Å². The molecule has 0 atom stereocenters. The number of para-hydroxylation sites is 4. The second-order valence-electron chi connectivity index (χ2n) is 33.0. The summed E-state index contributed by atoms with van der Waals surface area (Å²) in [6.45, 7) is 14.4. The van der Waals surface area contributed by atoms with Gasteiger partial charge in [-0.2, -0.15) is 0 Å². The van der Waals surface area contributed by atoms with Crippen LogP contribution in [0.4, 0.5) is 34.1 Å². The normalized spacial score (nSPS) is 11.6. The highest BCUT2D eigenvalue weighted by Crippen LogP contribution is 2.43. The van der Waals surface area contributed by atoms with Crippen LogP contribution in [-0.2, 0) is 0 Å². The fourth-order valence-electron chi connectivity index (χ4n) is 16.9. The molecule has 18 aromatic carbocycles. The predicted octanol–water partition coefficient (Wildman–Crippen LogP) is 30.4. The van der Waals surface area contributed by atoms with Crippen LogP contribution in [0.2, 0.25) is 39.3 Å². The third-order valence-corrected chi connectivity index (χ3v) is 27.5. The molecule has 0 unspecified atom stereocenters. The molecule has 20 aromatic rings. The average Bonchev–Trinajstić information content (AvgIpc) is 1.60. The minimum absolute atomic E-state index is 1.11. The van der Waals surface area contributed by atoms with E-state index >= 15 is 0 Å². The van der Waals surface area contributed by atoms with Gasteiger partial charge >= 0.3 is 0 Å². The zero-order valence-electron chi connectivity index (χ0n) is 67.4. The Morgan fingerprint density at radius 2 is 0.398 bits per heavy atom. The van der Waals surface area contributed by atoms with Crippen LogP contribution in [0.15, 0.2) is 437 Å². The van der Waals surface area contributed by atoms with Gasteiger partial charge in [0.15, 0.2) is 0 Å². The van der Waals surface area contributed by atoms with E-state index in [1.807, 2.05) is 0 Å². The van der Waals surface area contributed by atoms with E-state index in [2.05, 4.69) is 495 Å². The molecule has 0 fully saturated rings. The molecule has 0 bridgehead atoms. The lowest BCUT2D eigenvalue weighted by atomic mass is 9.98. The monoisotopic (exact) mass is 1550 g/mol. The number of hydrogen-bond acceptors (Lipinski definition) is 2. The molecular weight excluding hydrogens is 1460 g/mol. The zero-order valence-corrected chi connectivity index (χ0v) is 69.4. The summed E-state index contributed by atoms with van der Waals surface area (Å²) < 4.78 is 4.74. The maximum Gasteiger partial charge on any atom is 0.0775 e. The van der Waals surface area contributed by atoms with Crippen molar-refractivity contribution < 1.29 is 0 Å². The summed E-state index contributed by atoms with van der Waals surface area (Å²) in [7, 11) is -2.72. The summed E-state index contributed by atoms with van der Waals surface area (Å²) in [6, 6.07) is 160. The van der Waals surface area contributed by atoms with Crippen molar-refractivity contribution in [1.29, 1.82) is 0 Å². The Kier molecular flexibility index (Phi) is 19.8. The van der Waals surface area contributed by atoms with Gasteiger partial charge in [-0.3, -0.25) is 0 Å². The number of rotatable bonds is 17. The Hall–Kier alpha value is -14.1. The number of aromatic nitrogens is 2. The molecule has 2 aromatic heterocycles. The first-order chi connectivity index (χ1) is 57.7. The fourth-order valence-corrected chi connectivity index (χ4v) is 19.2. The largest absolute Gasteiger partial charge is 0.311 e. The van der Waals surface area contributed by atoms with Gasteiger partial charge < -0.3 is 18.9 Å². The van der Waals surface area contributed by atoms with Crippen LogP contribution in [0.1, 0.15) is 0 Å². The minimum atomic E-state index is -1.36. The molecule has 118 heavy (non-hydrogen) atoms.